The number of halogens is 3. The lowest BCUT2D eigenvalue weighted by Crippen LogP contribution is -2.50. The highest BCUT2D eigenvalue weighted by molar-refractivity contribution is 4.79. The van der Waals surface area contributed by atoms with Crippen LogP contribution in [0.15, 0.2) is 0 Å². The highest BCUT2D eigenvalue weighted by Gasteiger charge is 2.28. The molecular formula is C10H19F3N2O. The van der Waals surface area contributed by atoms with Crippen molar-refractivity contribution in [1.82, 2.24) is 10.2 Å². The first-order chi connectivity index (χ1) is 7.29. The molecule has 3 nitrogen and oxygen atoms in total. The number of rotatable bonds is 4. The molecule has 1 aliphatic rings. The average molecular weight is 240 g/mol. The molecule has 96 valence electrons. The van der Waals surface area contributed by atoms with Crippen molar-refractivity contribution in [1.29, 1.82) is 0 Å². The lowest BCUT2D eigenvalue weighted by Gasteiger charge is -2.38. The normalized spacial score (nSPS) is 22.3. The zero-order chi connectivity index (χ0) is 12.2. The quantitative estimate of drug-likeness (QED) is 0.748. The summed E-state index contributed by atoms with van der Waals surface area (Å²) in [6, 6.07) is 0. The summed E-state index contributed by atoms with van der Waals surface area (Å²) in [6.07, 6.45) is -4.12. The maximum Gasteiger partial charge on any atom is 0.401 e. The predicted octanol–water partition coefficient (Wildman–Crippen LogP) is 1.25. The Balaban J connectivity index is 2.13. The summed E-state index contributed by atoms with van der Waals surface area (Å²) >= 11 is 0. The van der Waals surface area contributed by atoms with Crippen molar-refractivity contribution in [2.45, 2.75) is 25.6 Å². The minimum atomic E-state index is -4.12. The first-order valence-corrected chi connectivity index (χ1v) is 5.42. The molecule has 1 heterocycles. The van der Waals surface area contributed by atoms with Crippen LogP contribution in [-0.4, -0.2) is 56.0 Å². The highest BCUT2D eigenvalue weighted by Crippen LogP contribution is 2.16. The van der Waals surface area contributed by atoms with E-state index >= 15 is 0 Å². The molecule has 0 amide bonds. The van der Waals surface area contributed by atoms with Gasteiger partial charge in [-0.25, -0.2) is 0 Å². The Kier molecular flexibility index (Phi) is 4.58. The summed E-state index contributed by atoms with van der Waals surface area (Å²) in [4.78, 5) is 2.12. The molecule has 0 saturated carbocycles. The molecule has 0 spiro atoms. The Morgan fingerprint density at radius 3 is 2.62 bits per heavy atom. The van der Waals surface area contributed by atoms with Crippen molar-refractivity contribution in [3.05, 3.63) is 0 Å². The van der Waals surface area contributed by atoms with E-state index < -0.39 is 12.7 Å². The van der Waals surface area contributed by atoms with Crippen molar-refractivity contribution in [3.63, 3.8) is 0 Å². The van der Waals surface area contributed by atoms with E-state index in [4.69, 9.17) is 4.74 Å². The SMILES string of the molecule is CC1(C)CN(CCNCC(F)(F)F)CCO1. The summed E-state index contributed by atoms with van der Waals surface area (Å²) in [7, 11) is 0. The maximum absolute atomic E-state index is 11.8. The van der Waals surface area contributed by atoms with E-state index in [1.54, 1.807) is 0 Å². The molecule has 0 aliphatic carbocycles. The van der Waals surface area contributed by atoms with E-state index in [0.29, 0.717) is 19.7 Å². The molecule has 0 radical (unpaired) electrons. The summed E-state index contributed by atoms with van der Waals surface area (Å²) in [5.74, 6) is 0. The number of hydrogen-bond donors (Lipinski definition) is 1. The summed E-state index contributed by atoms with van der Waals surface area (Å²) in [6.45, 7) is 6.24. The second-order valence-electron chi connectivity index (χ2n) is 4.68. The third-order valence-corrected chi connectivity index (χ3v) is 2.43. The van der Waals surface area contributed by atoms with Gasteiger partial charge in [0, 0.05) is 26.2 Å². The van der Waals surface area contributed by atoms with Gasteiger partial charge in [0.2, 0.25) is 0 Å². The number of nitrogens with one attached hydrogen (secondary N) is 1. The Hall–Kier alpha value is -0.330. The van der Waals surface area contributed by atoms with Crippen molar-refractivity contribution in [3.8, 4) is 0 Å². The second kappa shape index (κ2) is 5.33. The molecule has 0 bridgehead atoms. The van der Waals surface area contributed by atoms with E-state index in [1.165, 1.54) is 0 Å². The van der Waals surface area contributed by atoms with Crippen LogP contribution in [0, 0.1) is 0 Å². The maximum atomic E-state index is 11.8. The van der Waals surface area contributed by atoms with Gasteiger partial charge in [0.15, 0.2) is 0 Å². The Morgan fingerprint density at radius 2 is 2.06 bits per heavy atom. The third kappa shape index (κ3) is 5.67. The van der Waals surface area contributed by atoms with Crippen LogP contribution in [0.3, 0.4) is 0 Å². The molecule has 1 rings (SSSR count). The number of morpholine rings is 1. The van der Waals surface area contributed by atoms with Crippen molar-refractivity contribution in [2.75, 3.05) is 39.3 Å². The first kappa shape index (κ1) is 13.7. The molecule has 0 aromatic carbocycles. The molecule has 1 aliphatic heterocycles. The molecule has 0 unspecified atom stereocenters. The van der Waals surface area contributed by atoms with Crippen LogP contribution in [0.4, 0.5) is 13.2 Å². The minimum Gasteiger partial charge on any atom is -0.373 e. The van der Waals surface area contributed by atoms with E-state index in [1.807, 2.05) is 13.8 Å². The van der Waals surface area contributed by atoms with Gasteiger partial charge in [-0.05, 0) is 13.8 Å². The number of alkyl halides is 3. The van der Waals surface area contributed by atoms with E-state index in [9.17, 15) is 13.2 Å². The van der Waals surface area contributed by atoms with Crippen LogP contribution in [0.1, 0.15) is 13.8 Å². The zero-order valence-electron chi connectivity index (χ0n) is 9.73. The summed E-state index contributed by atoms with van der Waals surface area (Å²) < 4.78 is 41.1. The van der Waals surface area contributed by atoms with E-state index in [-0.39, 0.29) is 5.60 Å². The van der Waals surface area contributed by atoms with Crippen molar-refractivity contribution >= 4 is 0 Å². The number of nitrogens with zero attached hydrogens (tertiary/aromatic N) is 1. The molecule has 0 aromatic heterocycles. The Morgan fingerprint density at radius 1 is 1.38 bits per heavy atom. The molecule has 1 N–H and O–H groups in total. The predicted molar refractivity (Wildman–Crippen MR) is 55.4 cm³/mol. The highest BCUT2D eigenvalue weighted by atomic mass is 19.4. The van der Waals surface area contributed by atoms with E-state index in [0.717, 1.165) is 13.1 Å². The van der Waals surface area contributed by atoms with Gasteiger partial charge >= 0.3 is 6.18 Å². The minimum absolute atomic E-state index is 0.192. The third-order valence-electron chi connectivity index (χ3n) is 2.43. The summed E-state index contributed by atoms with van der Waals surface area (Å²) in [5.41, 5.74) is -0.192. The van der Waals surface area contributed by atoms with Gasteiger partial charge in [0.1, 0.15) is 0 Å². The van der Waals surface area contributed by atoms with Crippen LogP contribution in [0.2, 0.25) is 0 Å². The van der Waals surface area contributed by atoms with Crippen LogP contribution in [0.25, 0.3) is 0 Å². The van der Waals surface area contributed by atoms with Gasteiger partial charge in [0.25, 0.3) is 0 Å². The van der Waals surface area contributed by atoms with Crippen molar-refractivity contribution in [2.24, 2.45) is 0 Å². The molecular weight excluding hydrogens is 221 g/mol. The fourth-order valence-electron chi connectivity index (χ4n) is 1.77. The largest absolute Gasteiger partial charge is 0.401 e. The van der Waals surface area contributed by atoms with Crippen molar-refractivity contribution < 1.29 is 17.9 Å². The van der Waals surface area contributed by atoms with Gasteiger partial charge in [-0.2, -0.15) is 13.2 Å². The van der Waals surface area contributed by atoms with Gasteiger partial charge in [-0.1, -0.05) is 0 Å². The monoisotopic (exact) mass is 240 g/mol. The smallest absolute Gasteiger partial charge is 0.373 e. The lowest BCUT2D eigenvalue weighted by molar-refractivity contribution is -0.125. The van der Waals surface area contributed by atoms with Crippen LogP contribution in [-0.2, 0) is 4.74 Å². The lowest BCUT2D eigenvalue weighted by atomic mass is 10.1. The number of hydrogen-bond acceptors (Lipinski definition) is 3. The molecule has 0 atom stereocenters. The molecule has 16 heavy (non-hydrogen) atoms. The van der Waals surface area contributed by atoms with Gasteiger partial charge < -0.3 is 10.1 Å². The van der Waals surface area contributed by atoms with Crippen LogP contribution in [0.5, 0.6) is 0 Å². The van der Waals surface area contributed by atoms with Gasteiger partial charge in [0.05, 0.1) is 18.8 Å². The second-order valence-corrected chi connectivity index (χ2v) is 4.68. The molecule has 1 fully saturated rings. The molecule has 1 saturated heterocycles. The fourth-order valence-corrected chi connectivity index (χ4v) is 1.77. The Labute approximate surface area is 93.9 Å². The number of ether oxygens (including phenoxy) is 1. The van der Waals surface area contributed by atoms with Crippen LogP contribution < -0.4 is 5.32 Å². The van der Waals surface area contributed by atoms with Gasteiger partial charge in [-0.15, -0.1) is 0 Å². The first-order valence-electron chi connectivity index (χ1n) is 5.42. The summed E-state index contributed by atoms with van der Waals surface area (Å²) in [5, 5.41) is 2.39. The fraction of sp³-hybridized carbons (Fsp3) is 1.00. The molecule has 6 heteroatoms. The Bertz CT molecular complexity index is 219. The average Bonchev–Trinajstić information content (AvgIpc) is 2.09. The standard InChI is InChI=1S/C10H19F3N2O/c1-9(2)8-15(5-6-16-9)4-3-14-7-10(11,12)13/h14H,3-8H2,1-2H3. The van der Waals surface area contributed by atoms with E-state index in [2.05, 4.69) is 10.2 Å². The van der Waals surface area contributed by atoms with Gasteiger partial charge in [-0.3, -0.25) is 4.90 Å². The van der Waals surface area contributed by atoms with Crippen LogP contribution >= 0.6 is 0 Å². The molecule has 0 aromatic rings. The zero-order valence-corrected chi connectivity index (χ0v) is 9.73. The topological polar surface area (TPSA) is 24.5 Å².